The lowest BCUT2D eigenvalue weighted by atomic mass is 10.1. The number of hydrogen-bond donors (Lipinski definition) is 2. The topological polar surface area (TPSA) is 105 Å². The van der Waals surface area contributed by atoms with Crippen molar-refractivity contribution in [3.63, 3.8) is 0 Å². The molecule has 3 N–H and O–H groups in total. The average molecular weight is 293 g/mol. The van der Waals surface area contributed by atoms with Gasteiger partial charge in [-0.2, -0.15) is 13.5 Å². The average Bonchev–Trinajstić information content (AvgIpc) is 2.84. The minimum Gasteiger partial charge on any atom is -0.384 e. The normalized spacial score (nSPS) is 11.3. The fourth-order valence-electron chi connectivity index (χ4n) is 1.86. The van der Waals surface area contributed by atoms with Gasteiger partial charge in [0.05, 0.1) is 11.9 Å². The number of benzene rings is 1. The molecule has 0 spiro atoms. The maximum Gasteiger partial charge on any atom is 0.281 e. The smallest absolute Gasteiger partial charge is 0.281 e. The van der Waals surface area contributed by atoms with Crippen LogP contribution in [0.5, 0.6) is 0 Å². The van der Waals surface area contributed by atoms with E-state index in [-0.39, 0.29) is 10.9 Å². The molecule has 1 aromatic heterocycles. The first-order valence-corrected chi connectivity index (χ1v) is 7.20. The van der Waals surface area contributed by atoms with Crippen LogP contribution in [0.3, 0.4) is 0 Å². The van der Waals surface area contributed by atoms with E-state index < -0.39 is 10.0 Å². The van der Waals surface area contributed by atoms with Gasteiger partial charge >= 0.3 is 0 Å². The van der Waals surface area contributed by atoms with E-state index in [1.165, 1.54) is 24.0 Å². The van der Waals surface area contributed by atoms with Gasteiger partial charge in [-0.15, -0.1) is 0 Å². The molecule has 2 aromatic rings. The number of sulfonamides is 1. The maximum absolute atomic E-state index is 12.5. The van der Waals surface area contributed by atoms with Crippen molar-refractivity contribution >= 4 is 21.5 Å². The lowest BCUT2D eigenvalue weighted by Crippen LogP contribution is -2.30. The number of nitrogens with zero attached hydrogens (tertiary/aromatic N) is 3. The van der Waals surface area contributed by atoms with Crippen LogP contribution in [0.25, 0.3) is 0 Å². The molecule has 0 amide bonds. The van der Waals surface area contributed by atoms with Crippen LogP contribution in [0.1, 0.15) is 5.56 Å². The summed E-state index contributed by atoms with van der Waals surface area (Å²) in [7, 11) is -0.780. The predicted octanol–water partition coefficient (Wildman–Crippen LogP) is 0.529. The van der Waals surface area contributed by atoms with Crippen molar-refractivity contribution in [2.75, 3.05) is 11.4 Å². The quantitative estimate of drug-likeness (QED) is 0.633. The van der Waals surface area contributed by atoms with E-state index in [4.69, 9.17) is 11.1 Å². The Morgan fingerprint density at radius 3 is 2.55 bits per heavy atom. The van der Waals surface area contributed by atoms with Gasteiger partial charge in [0.2, 0.25) is 0 Å². The number of para-hydroxylation sites is 1. The third-order valence-corrected chi connectivity index (χ3v) is 4.78. The molecule has 0 saturated carbocycles. The second-order valence-electron chi connectivity index (χ2n) is 4.20. The first kappa shape index (κ1) is 14.1. The molecule has 0 saturated heterocycles. The zero-order valence-electron chi connectivity index (χ0n) is 11.1. The van der Waals surface area contributed by atoms with Gasteiger partial charge in [-0.1, -0.05) is 12.1 Å². The Morgan fingerprint density at radius 1 is 1.35 bits per heavy atom. The summed E-state index contributed by atoms with van der Waals surface area (Å²) in [4.78, 5) is 0. The van der Waals surface area contributed by atoms with E-state index in [1.54, 1.807) is 31.3 Å². The van der Waals surface area contributed by atoms with Crippen molar-refractivity contribution in [2.24, 2.45) is 12.8 Å². The molecule has 0 radical (unpaired) electrons. The van der Waals surface area contributed by atoms with Crippen molar-refractivity contribution in [1.82, 2.24) is 9.78 Å². The van der Waals surface area contributed by atoms with Gasteiger partial charge in [-0.05, 0) is 18.2 Å². The number of nitrogens with one attached hydrogen (secondary N) is 1. The van der Waals surface area contributed by atoms with Gasteiger partial charge in [0, 0.05) is 19.7 Å². The van der Waals surface area contributed by atoms with Crippen LogP contribution in [0, 0.1) is 5.41 Å². The highest BCUT2D eigenvalue weighted by molar-refractivity contribution is 7.92. The van der Waals surface area contributed by atoms with Crippen LogP contribution in [-0.4, -0.2) is 31.1 Å². The summed E-state index contributed by atoms with van der Waals surface area (Å²) in [6.07, 6.45) is 1.41. The summed E-state index contributed by atoms with van der Waals surface area (Å²) >= 11 is 0. The Labute approximate surface area is 117 Å². The lowest BCUT2D eigenvalue weighted by molar-refractivity contribution is 0.575. The summed E-state index contributed by atoms with van der Waals surface area (Å²) in [6.45, 7) is 0. The maximum atomic E-state index is 12.5. The zero-order chi connectivity index (χ0) is 14.9. The van der Waals surface area contributed by atoms with Gasteiger partial charge in [0.15, 0.2) is 5.03 Å². The molecule has 0 aliphatic carbocycles. The fourth-order valence-corrected chi connectivity index (χ4v) is 3.17. The highest BCUT2D eigenvalue weighted by Gasteiger charge is 2.26. The monoisotopic (exact) mass is 293 g/mol. The number of anilines is 1. The van der Waals surface area contributed by atoms with Crippen molar-refractivity contribution in [2.45, 2.75) is 5.03 Å². The van der Waals surface area contributed by atoms with Gasteiger partial charge in [0.1, 0.15) is 5.84 Å². The van der Waals surface area contributed by atoms with Crippen LogP contribution < -0.4 is 10.0 Å². The first-order chi connectivity index (χ1) is 9.35. The second kappa shape index (κ2) is 4.97. The molecule has 0 aliphatic heterocycles. The Morgan fingerprint density at radius 2 is 2.00 bits per heavy atom. The largest absolute Gasteiger partial charge is 0.384 e. The number of amidine groups is 1. The van der Waals surface area contributed by atoms with Crippen molar-refractivity contribution < 1.29 is 8.42 Å². The molecule has 0 unspecified atom stereocenters. The van der Waals surface area contributed by atoms with E-state index in [1.807, 2.05) is 0 Å². The summed E-state index contributed by atoms with van der Waals surface area (Å²) < 4.78 is 27.5. The number of rotatable bonds is 4. The van der Waals surface area contributed by atoms with E-state index in [9.17, 15) is 8.42 Å². The van der Waals surface area contributed by atoms with Crippen LogP contribution in [0.2, 0.25) is 0 Å². The van der Waals surface area contributed by atoms with Gasteiger partial charge in [-0.3, -0.25) is 14.4 Å². The highest BCUT2D eigenvalue weighted by atomic mass is 32.2. The summed E-state index contributed by atoms with van der Waals surface area (Å²) in [5, 5.41) is 11.5. The van der Waals surface area contributed by atoms with Crippen LogP contribution in [0.4, 0.5) is 5.69 Å². The van der Waals surface area contributed by atoms with Crippen LogP contribution >= 0.6 is 0 Å². The summed E-state index contributed by atoms with van der Waals surface area (Å²) in [6, 6.07) is 8.02. The molecule has 106 valence electrons. The van der Waals surface area contributed by atoms with E-state index >= 15 is 0 Å². The van der Waals surface area contributed by atoms with E-state index in [0.29, 0.717) is 11.3 Å². The first-order valence-electron chi connectivity index (χ1n) is 5.76. The molecule has 0 atom stereocenters. The predicted molar refractivity (Wildman–Crippen MR) is 76.3 cm³/mol. The van der Waals surface area contributed by atoms with Crippen LogP contribution in [-0.2, 0) is 17.1 Å². The van der Waals surface area contributed by atoms with Crippen molar-refractivity contribution in [3.8, 4) is 0 Å². The lowest BCUT2D eigenvalue weighted by Gasteiger charge is -2.21. The second-order valence-corrected chi connectivity index (χ2v) is 6.11. The Bertz CT molecular complexity index is 751. The minimum absolute atomic E-state index is 0.0679. The molecule has 1 aromatic carbocycles. The molecule has 0 aliphatic rings. The zero-order valence-corrected chi connectivity index (χ0v) is 11.9. The molecular formula is C12H15N5O2S. The van der Waals surface area contributed by atoms with E-state index in [0.717, 1.165) is 4.31 Å². The Balaban J connectivity index is 2.55. The number of aromatic nitrogens is 2. The number of nitrogens with two attached hydrogens (primary N) is 1. The summed E-state index contributed by atoms with van der Waals surface area (Å²) in [5.41, 5.74) is 6.20. The van der Waals surface area contributed by atoms with E-state index in [2.05, 4.69) is 5.10 Å². The van der Waals surface area contributed by atoms with Gasteiger partial charge in [0.25, 0.3) is 10.0 Å². The Hall–Kier alpha value is -2.35. The molecule has 0 fully saturated rings. The molecule has 2 rings (SSSR count). The molecule has 0 bridgehead atoms. The number of aryl methyl sites for hydroxylation is 1. The fraction of sp³-hybridized carbons (Fsp3) is 0.167. The van der Waals surface area contributed by atoms with Gasteiger partial charge in [-0.25, -0.2) is 0 Å². The molecule has 7 nitrogen and oxygen atoms in total. The molecule has 1 heterocycles. The SMILES string of the molecule is CN(c1ccccc1C(=N)N)S(=O)(=O)c1ccnn1C. The number of nitrogen functional groups attached to an aromatic ring is 1. The number of hydrogen-bond acceptors (Lipinski definition) is 4. The third-order valence-electron chi connectivity index (χ3n) is 2.93. The molecule has 20 heavy (non-hydrogen) atoms. The standard InChI is InChI=1S/C12H15N5O2S/c1-16-11(7-8-15-16)20(18,19)17(2)10-6-4-3-5-9(10)12(13)14/h3-8H,1-2H3,(H3,13,14). The molecular weight excluding hydrogens is 278 g/mol. The van der Waals surface area contributed by atoms with Gasteiger partial charge < -0.3 is 5.73 Å². The third kappa shape index (κ3) is 2.25. The van der Waals surface area contributed by atoms with Crippen LogP contribution in [0.15, 0.2) is 41.6 Å². The Kier molecular flexibility index (Phi) is 3.49. The molecule has 8 heteroatoms. The highest BCUT2D eigenvalue weighted by Crippen LogP contribution is 2.24. The summed E-state index contributed by atoms with van der Waals surface area (Å²) in [5.74, 6) is -0.187. The van der Waals surface area contributed by atoms with Crippen molar-refractivity contribution in [1.29, 1.82) is 5.41 Å². The van der Waals surface area contributed by atoms with Crippen molar-refractivity contribution in [3.05, 3.63) is 42.1 Å². The minimum atomic E-state index is -3.75.